The Morgan fingerprint density at radius 1 is 1.47 bits per heavy atom. The number of hydrogen-bond acceptors (Lipinski definition) is 3. The zero-order chi connectivity index (χ0) is 11.4. The standard InChI is InChI=1S/C7H5Cl2F2N3O/c8-4-1-3(13-7(9)14-4)6(15)12-2-5(10)11/h1,5H,2H2,(H,12,15). The summed E-state index contributed by atoms with van der Waals surface area (Å²) in [5, 5.41) is 1.71. The van der Waals surface area contributed by atoms with E-state index in [0.29, 0.717) is 0 Å². The molecular formula is C7H5Cl2F2N3O. The normalized spacial score (nSPS) is 10.5. The van der Waals surface area contributed by atoms with Crippen LogP contribution in [-0.4, -0.2) is 28.8 Å². The van der Waals surface area contributed by atoms with Gasteiger partial charge in [-0.1, -0.05) is 11.6 Å². The first-order valence-corrected chi connectivity index (χ1v) is 4.51. The molecule has 0 unspecified atom stereocenters. The molecule has 1 rings (SSSR count). The number of carbonyl (C=O) groups excluding carboxylic acids is 1. The van der Waals surface area contributed by atoms with E-state index in [-0.39, 0.29) is 16.1 Å². The van der Waals surface area contributed by atoms with Gasteiger partial charge in [0.15, 0.2) is 0 Å². The van der Waals surface area contributed by atoms with E-state index in [4.69, 9.17) is 23.2 Å². The summed E-state index contributed by atoms with van der Waals surface area (Å²) in [7, 11) is 0. The fraction of sp³-hybridized carbons (Fsp3) is 0.286. The lowest BCUT2D eigenvalue weighted by Gasteiger charge is -2.03. The third-order valence-corrected chi connectivity index (χ3v) is 1.68. The molecule has 1 heterocycles. The Morgan fingerprint density at radius 2 is 2.13 bits per heavy atom. The van der Waals surface area contributed by atoms with Crippen molar-refractivity contribution in [1.82, 2.24) is 15.3 Å². The van der Waals surface area contributed by atoms with Gasteiger partial charge in [-0.2, -0.15) is 0 Å². The van der Waals surface area contributed by atoms with Crippen LogP contribution in [0.5, 0.6) is 0 Å². The molecular weight excluding hydrogens is 251 g/mol. The first-order valence-electron chi connectivity index (χ1n) is 3.75. The van der Waals surface area contributed by atoms with Gasteiger partial charge < -0.3 is 5.32 Å². The predicted molar refractivity (Wildman–Crippen MR) is 50.4 cm³/mol. The maximum Gasteiger partial charge on any atom is 0.270 e. The zero-order valence-corrected chi connectivity index (χ0v) is 8.69. The Morgan fingerprint density at radius 3 is 2.67 bits per heavy atom. The fourth-order valence-electron chi connectivity index (χ4n) is 0.767. The van der Waals surface area contributed by atoms with Gasteiger partial charge in [0.1, 0.15) is 10.8 Å². The van der Waals surface area contributed by atoms with E-state index in [0.717, 1.165) is 6.07 Å². The molecule has 0 aliphatic rings. The van der Waals surface area contributed by atoms with Crippen molar-refractivity contribution in [2.75, 3.05) is 6.54 Å². The minimum absolute atomic E-state index is 0.0304. The summed E-state index contributed by atoms with van der Waals surface area (Å²) in [4.78, 5) is 18.2. The highest BCUT2D eigenvalue weighted by atomic mass is 35.5. The van der Waals surface area contributed by atoms with Crippen LogP contribution in [-0.2, 0) is 0 Å². The average Bonchev–Trinajstić information content (AvgIpc) is 2.12. The van der Waals surface area contributed by atoms with E-state index in [2.05, 4.69) is 9.97 Å². The van der Waals surface area contributed by atoms with E-state index in [9.17, 15) is 13.6 Å². The maximum absolute atomic E-state index is 11.8. The first-order chi connectivity index (χ1) is 6.99. The second-order valence-electron chi connectivity index (χ2n) is 2.45. The topological polar surface area (TPSA) is 54.9 Å². The molecule has 0 radical (unpaired) electrons. The van der Waals surface area contributed by atoms with Gasteiger partial charge in [-0.25, -0.2) is 18.7 Å². The predicted octanol–water partition coefficient (Wildman–Crippen LogP) is 1.78. The van der Waals surface area contributed by atoms with Crippen LogP contribution in [0.15, 0.2) is 6.07 Å². The molecule has 0 atom stereocenters. The lowest BCUT2D eigenvalue weighted by Crippen LogP contribution is -2.29. The second kappa shape index (κ2) is 5.18. The van der Waals surface area contributed by atoms with Gasteiger partial charge >= 0.3 is 0 Å². The number of nitrogens with zero attached hydrogens (tertiary/aromatic N) is 2. The summed E-state index contributed by atoms with van der Waals surface area (Å²) < 4.78 is 23.5. The average molecular weight is 256 g/mol. The molecule has 1 amide bonds. The molecule has 1 N–H and O–H groups in total. The highest BCUT2D eigenvalue weighted by Gasteiger charge is 2.12. The maximum atomic E-state index is 11.8. The lowest BCUT2D eigenvalue weighted by atomic mass is 10.4. The molecule has 1 aromatic heterocycles. The third kappa shape index (κ3) is 3.93. The largest absolute Gasteiger partial charge is 0.345 e. The summed E-state index contributed by atoms with van der Waals surface area (Å²) in [6, 6.07) is 1.13. The Kier molecular flexibility index (Phi) is 4.16. The lowest BCUT2D eigenvalue weighted by molar-refractivity contribution is 0.0887. The first kappa shape index (κ1) is 12.1. The number of halogens is 4. The number of carbonyl (C=O) groups is 1. The number of hydrogen-bond donors (Lipinski definition) is 1. The molecule has 0 fully saturated rings. The summed E-state index contributed by atoms with van der Waals surface area (Å²) in [6.45, 7) is -0.752. The minimum Gasteiger partial charge on any atom is -0.345 e. The van der Waals surface area contributed by atoms with E-state index in [1.807, 2.05) is 5.32 Å². The third-order valence-electron chi connectivity index (χ3n) is 1.32. The Labute approximate surface area is 93.6 Å². The molecule has 15 heavy (non-hydrogen) atoms. The second-order valence-corrected chi connectivity index (χ2v) is 3.17. The van der Waals surface area contributed by atoms with Gasteiger partial charge in [-0.15, -0.1) is 0 Å². The Bertz CT molecular complexity index is 355. The minimum atomic E-state index is -2.62. The Balaban J connectivity index is 2.73. The molecule has 0 aliphatic heterocycles. The van der Waals surface area contributed by atoms with Crippen molar-refractivity contribution >= 4 is 29.1 Å². The Hall–Kier alpha value is -1.01. The van der Waals surface area contributed by atoms with Crippen molar-refractivity contribution in [3.8, 4) is 0 Å². The van der Waals surface area contributed by atoms with Crippen molar-refractivity contribution in [2.24, 2.45) is 0 Å². The van der Waals surface area contributed by atoms with E-state index < -0.39 is 18.9 Å². The highest BCUT2D eigenvalue weighted by Crippen LogP contribution is 2.10. The molecule has 0 saturated heterocycles. The molecule has 82 valence electrons. The summed E-state index contributed by atoms with van der Waals surface area (Å²) in [6.07, 6.45) is -2.62. The van der Waals surface area contributed by atoms with Crippen LogP contribution in [0.2, 0.25) is 10.4 Å². The van der Waals surface area contributed by atoms with Crippen molar-refractivity contribution in [3.63, 3.8) is 0 Å². The number of alkyl halides is 2. The zero-order valence-electron chi connectivity index (χ0n) is 7.18. The monoisotopic (exact) mass is 255 g/mol. The number of aromatic nitrogens is 2. The van der Waals surface area contributed by atoms with Crippen molar-refractivity contribution < 1.29 is 13.6 Å². The SMILES string of the molecule is O=C(NCC(F)F)c1cc(Cl)nc(Cl)n1. The molecule has 8 heteroatoms. The molecule has 0 spiro atoms. The van der Waals surface area contributed by atoms with Crippen LogP contribution in [0, 0.1) is 0 Å². The molecule has 0 aliphatic carbocycles. The van der Waals surface area contributed by atoms with Crippen LogP contribution in [0.1, 0.15) is 10.5 Å². The van der Waals surface area contributed by atoms with Crippen molar-refractivity contribution in [2.45, 2.75) is 6.43 Å². The van der Waals surface area contributed by atoms with E-state index in [1.54, 1.807) is 0 Å². The molecule has 0 aromatic carbocycles. The number of rotatable bonds is 3. The smallest absolute Gasteiger partial charge is 0.270 e. The molecule has 1 aromatic rings. The number of amides is 1. The van der Waals surface area contributed by atoms with Gasteiger partial charge in [-0.3, -0.25) is 4.79 Å². The van der Waals surface area contributed by atoms with Crippen LogP contribution < -0.4 is 5.32 Å². The van der Waals surface area contributed by atoms with Crippen LogP contribution in [0.4, 0.5) is 8.78 Å². The molecule has 0 bridgehead atoms. The summed E-state index contributed by atoms with van der Waals surface area (Å²) in [5.74, 6) is -0.776. The quantitative estimate of drug-likeness (QED) is 0.662. The fourth-order valence-corrected chi connectivity index (χ4v) is 1.18. The number of nitrogens with one attached hydrogen (secondary N) is 1. The van der Waals surface area contributed by atoms with E-state index in [1.165, 1.54) is 0 Å². The molecule has 4 nitrogen and oxygen atoms in total. The van der Waals surface area contributed by atoms with E-state index >= 15 is 0 Å². The van der Waals surface area contributed by atoms with Crippen molar-refractivity contribution in [1.29, 1.82) is 0 Å². The van der Waals surface area contributed by atoms with Gasteiger partial charge in [-0.05, 0) is 11.6 Å². The van der Waals surface area contributed by atoms with Crippen LogP contribution >= 0.6 is 23.2 Å². The van der Waals surface area contributed by atoms with Gasteiger partial charge in [0.05, 0.1) is 6.54 Å². The van der Waals surface area contributed by atoms with Gasteiger partial charge in [0.25, 0.3) is 12.3 Å². The summed E-state index contributed by atoms with van der Waals surface area (Å²) in [5.41, 5.74) is -0.152. The van der Waals surface area contributed by atoms with Crippen LogP contribution in [0.25, 0.3) is 0 Å². The van der Waals surface area contributed by atoms with Crippen molar-refractivity contribution in [3.05, 3.63) is 22.2 Å². The molecule has 0 saturated carbocycles. The highest BCUT2D eigenvalue weighted by molar-refractivity contribution is 6.32. The van der Waals surface area contributed by atoms with Crippen LogP contribution in [0.3, 0.4) is 0 Å². The van der Waals surface area contributed by atoms with Gasteiger partial charge in [0.2, 0.25) is 5.28 Å². The van der Waals surface area contributed by atoms with Gasteiger partial charge in [0, 0.05) is 6.07 Å². The summed E-state index contributed by atoms with van der Waals surface area (Å²) >= 11 is 10.9.